The molecule has 0 saturated carbocycles. The molecule has 2 aromatic rings. The van der Waals surface area contributed by atoms with E-state index in [2.05, 4.69) is 21.2 Å². The lowest BCUT2D eigenvalue weighted by molar-refractivity contribution is -0.137. The average molecular weight is 379 g/mol. The minimum atomic E-state index is -4.46. The molecular weight excluding hydrogens is 367 g/mol. The van der Waals surface area contributed by atoms with Crippen LogP contribution < -0.4 is 5.32 Å². The third kappa shape index (κ3) is 3.92. The highest BCUT2D eigenvalue weighted by atomic mass is 79.9. The number of hydrogen-bond acceptors (Lipinski definition) is 1. The van der Waals surface area contributed by atoms with Gasteiger partial charge in [-0.1, -0.05) is 45.7 Å². The maximum absolute atomic E-state index is 13.1. The summed E-state index contributed by atoms with van der Waals surface area (Å²) >= 11 is 9.06. The zero-order chi connectivity index (χ0) is 15.6. The van der Waals surface area contributed by atoms with Crippen LogP contribution in [0.3, 0.4) is 0 Å². The van der Waals surface area contributed by atoms with Crippen molar-refractivity contribution in [2.45, 2.75) is 19.1 Å². The molecule has 0 bridgehead atoms. The average Bonchev–Trinajstić information content (AvgIpc) is 2.40. The maximum atomic E-state index is 13.1. The van der Waals surface area contributed by atoms with Crippen molar-refractivity contribution in [1.29, 1.82) is 0 Å². The van der Waals surface area contributed by atoms with Gasteiger partial charge < -0.3 is 5.32 Å². The highest BCUT2D eigenvalue weighted by Crippen LogP contribution is 2.38. The van der Waals surface area contributed by atoms with Crippen LogP contribution in [0.2, 0.25) is 5.02 Å². The summed E-state index contributed by atoms with van der Waals surface area (Å²) in [7, 11) is 0. The lowest BCUT2D eigenvalue weighted by Gasteiger charge is -2.20. The Balaban J connectivity index is 2.34. The Morgan fingerprint density at radius 3 is 2.43 bits per heavy atom. The van der Waals surface area contributed by atoms with Crippen LogP contribution in [0.4, 0.5) is 18.9 Å². The summed E-state index contributed by atoms with van der Waals surface area (Å²) in [6.07, 6.45) is -4.46. The van der Waals surface area contributed by atoms with Gasteiger partial charge in [-0.2, -0.15) is 13.2 Å². The number of anilines is 1. The van der Waals surface area contributed by atoms with E-state index in [-0.39, 0.29) is 16.8 Å². The number of benzene rings is 2. The van der Waals surface area contributed by atoms with Gasteiger partial charge in [0.25, 0.3) is 0 Å². The Labute approximate surface area is 134 Å². The second kappa shape index (κ2) is 6.28. The molecule has 0 amide bonds. The van der Waals surface area contributed by atoms with E-state index in [1.54, 1.807) is 6.92 Å². The lowest BCUT2D eigenvalue weighted by atomic mass is 10.1. The van der Waals surface area contributed by atoms with Crippen LogP contribution in [0.25, 0.3) is 0 Å². The van der Waals surface area contributed by atoms with Gasteiger partial charge in [-0.3, -0.25) is 0 Å². The van der Waals surface area contributed by atoms with Crippen molar-refractivity contribution < 1.29 is 13.2 Å². The van der Waals surface area contributed by atoms with Gasteiger partial charge in [-0.05, 0) is 36.8 Å². The first kappa shape index (κ1) is 16.2. The Morgan fingerprint density at radius 1 is 1.14 bits per heavy atom. The molecule has 2 rings (SSSR count). The number of hydrogen-bond donors (Lipinski definition) is 1. The first-order valence-electron chi connectivity index (χ1n) is 6.16. The number of nitrogens with one attached hydrogen (secondary N) is 1. The standard InChI is InChI=1S/C15H12BrClF3N/c1-9(11-4-2-3-5-13(11)16)21-14-7-6-10(17)8-12(14)15(18,19)20/h2-9,21H,1H3. The van der Waals surface area contributed by atoms with Crippen molar-refractivity contribution in [1.82, 2.24) is 0 Å². The van der Waals surface area contributed by atoms with E-state index in [0.717, 1.165) is 16.1 Å². The maximum Gasteiger partial charge on any atom is 0.418 e. The second-order valence-electron chi connectivity index (χ2n) is 4.58. The molecule has 21 heavy (non-hydrogen) atoms. The number of rotatable bonds is 3. The van der Waals surface area contributed by atoms with Gasteiger partial charge in [0.05, 0.1) is 5.56 Å². The number of halogens is 5. The SMILES string of the molecule is CC(Nc1ccc(Cl)cc1C(F)(F)F)c1ccccc1Br. The minimum absolute atomic E-state index is 0.00940. The van der Waals surface area contributed by atoms with Gasteiger partial charge in [0, 0.05) is 21.2 Å². The van der Waals surface area contributed by atoms with E-state index >= 15 is 0 Å². The largest absolute Gasteiger partial charge is 0.418 e. The Bertz CT molecular complexity index is 643. The molecule has 1 N–H and O–H groups in total. The highest BCUT2D eigenvalue weighted by molar-refractivity contribution is 9.10. The summed E-state index contributed by atoms with van der Waals surface area (Å²) in [5, 5.41) is 2.95. The Hall–Kier alpha value is -1.20. The second-order valence-corrected chi connectivity index (χ2v) is 5.87. The molecule has 0 aliphatic heterocycles. The molecule has 2 aromatic carbocycles. The third-order valence-electron chi connectivity index (χ3n) is 3.03. The van der Waals surface area contributed by atoms with Gasteiger partial charge >= 0.3 is 6.18 Å². The summed E-state index contributed by atoms with van der Waals surface area (Å²) in [6, 6.07) is 10.8. The van der Waals surface area contributed by atoms with Crippen LogP contribution in [-0.4, -0.2) is 0 Å². The first-order chi connectivity index (χ1) is 9.79. The fraction of sp³-hybridized carbons (Fsp3) is 0.200. The van der Waals surface area contributed by atoms with E-state index < -0.39 is 11.7 Å². The fourth-order valence-electron chi connectivity index (χ4n) is 2.01. The Morgan fingerprint density at radius 2 is 1.81 bits per heavy atom. The molecular formula is C15H12BrClF3N. The number of alkyl halides is 3. The fourth-order valence-corrected chi connectivity index (χ4v) is 2.81. The zero-order valence-corrected chi connectivity index (χ0v) is 13.4. The molecule has 0 heterocycles. The van der Waals surface area contributed by atoms with E-state index in [1.165, 1.54) is 12.1 Å². The highest BCUT2D eigenvalue weighted by Gasteiger charge is 2.34. The van der Waals surface area contributed by atoms with Gasteiger partial charge in [-0.25, -0.2) is 0 Å². The molecule has 0 spiro atoms. The van der Waals surface area contributed by atoms with Crippen LogP contribution in [0.5, 0.6) is 0 Å². The van der Waals surface area contributed by atoms with Crippen molar-refractivity contribution in [3.8, 4) is 0 Å². The first-order valence-corrected chi connectivity index (χ1v) is 7.34. The minimum Gasteiger partial charge on any atom is -0.378 e. The van der Waals surface area contributed by atoms with E-state index in [1.807, 2.05) is 24.3 Å². The van der Waals surface area contributed by atoms with Crippen molar-refractivity contribution in [2.24, 2.45) is 0 Å². The predicted molar refractivity (Wildman–Crippen MR) is 82.6 cm³/mol. The lowest BCUT2D eigenvalue weighted by Crippen LogP contribution is -2.13. The topological polar surface area (TPSA) is 12.0 Å². The molecule has 0 radical (unpaired) electrons. The van der Waals surface area contributed by atoms with Crippen molar-refractivity contribution in [3.05, 3.63) is 63.1 Å². The van der Waals surface area contributed by atoms with Crippen LogP contribution >= 0.6 is 27.5 Å². The molecule has 0 aliphatic carbocycles. The summed E-state index contributed by atoms with van der Waals surface area (Å²) in [5.41, 5.74) is 0.115. The molecule has 0 fully saturated rings. The van der Waals surface area contributed by atoms with Crippen molar-refractivity contribution >= 4 is 33.2 Å². The van der Waals surface area contributed by atoms with Crippen LogP contribution in [0.15, 0.2) is 46.9 Å². The third-order valence-corrected chi connectivity index (χ3v) is 3.99. The quantitative estimate of drug-likeness (QED) is 0.661. The summed E-state index contributed by atoms with van der Waals surface area (Å²) in [6.45, 7) is 1.80. The van der Waals surface area contributed by atoms with Crippen molar-refractivity contribution in [2.75, 3.05) is 5.32 Å². The molecule has 0 saturated heterocycles. The van der Waals surface area contributed by atoms with E-state index in [0.29, 0.717) is 0 Å². The summed E-state index contributed by atoms with van der Waals surface area (Å²) in [4.78, 5) is 0. The zero-order valence-electron chi connectivity index (χ0n) is 11.0. The van der Waals surface area contributed by atoms with Gasteiger partial charge in [0.15, 0.2) is 0 Å². The van der Waals surface area contributed by atoms with Crippen LogP contribution in [0, 0.1) is 0 Å². The predicted octanol–water partition coefficient (Wildman–Crippen LogP) is 6.29. The molecule has 1 nitrogen and oxygen atoms in total. The summed E-state index contributed by atoms with van der Waals surface area (Å²) in [5.74, 6) is 0. The van der Waals surface area contributed by atoms with Crippen molar-refractivity contribution in [3.63, 3.8) is 0 Å². The molecule has 1 atom stereocenters. The van der Waals surface area contributed by atoms with Gasteiger partial charge in [0.1, 0.15) is 0 Å². The summed E-state index contributed by atoms with van der Waals surface area (Å²) < 4.78 is 40.0. The van der Waals surface area contributed by atoms with Gasteiger partial charge in [-0.15, -0.1) is 0 Å². The molecule has 0 aliphatic rings. The van der Waals surface area contributed by atoms with Gasteiger partial charge in [0.2, 0.25) is 0 Å². The molecule has 112 valence electrons. The van der Waals surface area contributed by atoms with E-state index in [4.69, 9.17) is 11.6 Å². The molecule has 1 unspecified atom stereocenters. The van der Waals surface area contributed by atoms with Crippen LogP contribution in [0.1, 0.15) is 24.1 Å². The van der Waals surface area contributed by atoms with E-state index in [9.17, 15) is 13.2 Å². The molecule has 0 aromatic heterocycles. The molecule has 6 heteroatoms. The smallest absolute Gasteiger partial charge is 0.378 e. The Kier molecular flexibility index (Phi) is 4.84. The normalized spacial score (nSPS) is 13.0. The monoisotopic (exact) mass is 377 g/mol. The van der Waals surface area contributed by atoms with Crippen LogP contribution in [-0.2, 0) is 6.18 Å².